The van der Waals surface area contributed by atoms with Gasteiger partial charge in [0.05, 0.1) is 11.5 Å². The summed E-state index contributed by atoms with van der Waals surface area (Å²) < 4.78 is 72.0. The molecule has 2 fully saturated rings. The molecule has 0 spiro atoms. The van der Waals surface area contributed by atoms with Crippen LogP contribution in [0.3, 0.4) is 0 Å². The number of halogens is 5. The summed E-state index contributed by atoms with van der Waals surface area (Å²) in [7, 11) is 0. The quantitative estimate of drug-likeness (QED) is 0.272. The second kappa shape index (κ2) is 11.5. The largest absolute Gasteiger partial charge is 0.432 e. The zero-order valence-corrected chi connectivity index (χ0v) is 19.3. The lowest BCUT2D eigenvalue weighted by molar-refractivity contribution is -0.223. The summed E-state index contributed by atoms with van der Waals surface area (Å²) in [6.07, 6.45) is 10.5. The van der Waals surface area contributed by atoms with Gasteiger partial charge in [0.15, 0.2) is 0 Å². The molecule has 0 bridgehead atoms. The first kappa shape index (κ1) is 25.8. The van der Waals surface area contributed by atoms with Crippen LogP contribution in [0.5, 0.6) is 5.75 Å². The van der Waals surface area contributed by atoms with Crippen LogP contribution in [-0.4, -0.2) is 6.11 Å². The van der Waals surface area contributed by atoms with Crippen molar-refractivity contribution in [3.8, 4) is 5.75 Å². The van der Waals surface area contributed by atoms with Crippen molar-refractivity contribution >= 4 is 0 Å². The summed E-state index contributed by atoms with van der Waals surface area (Å²) in [6, 6.07) is 3.45. The molecule has 2 aliphatic rings. The summed E-state index contributed by atoms with van der Waals surface area (Å²) in [5.41, 5.74) is -0.882. The average Bonchev–Trinajstić information content (AvgIpc) is 2.78. The van der Waals surface area contributed by atoms with E-state index in [4.69, 9.17) is 4.74 Å². The molecule has 0 aliphatic heterocycles. The van der Waals surface area contributed by atoms with Gasteiger partial charge in [-0.15, -0.1) is 0 Å². The minimum Gasteiger partial charge on any atom is -0.432 e. The third-order valence-corrected chi connectivity index (χ3v) is 7.21. The Kier molecular flexibility index (Phi) is 9.00. The van der Waals surface area contributed by atoms with Crippen LogP contribution in [0.1, 0.15) is 76.7 Å². The Morgan fingerprint density at radius 3 is 1.88 bits per heavy atom. The van der Waals surface area contributed by atoms with Crippen LogP contribution >= 0.6 is 0 Å². The molecule has 0 radical (unpaired) electrons. The molecule has 0 atom stereocenters. The first-order valence-electron chi connectivity index (χ1n) is 12.2. The first-order chi connectivity index (χ1) is 15.7. The standard InChI is InChI=1S/C27H35F5O/c1-2-3-4-5-20-6-8-21(9-7-20)10-11-22-12-14-24(15-13-22)27(31,32)33-25-18-16-23(17-19-25)26(28,29)30/h2-3,10-11,16-22,24H,4-9,12-15H2,1H3/b3-2+,11-10+. The van der Waals surface area contributed by atoms with Gasteiger partial charge in [0, 0.05) is 0 Å². The summed E-state index contributed by atoms with van der Waals surface area (Å²) >= 11 is 0. The number of benzene rings is 1. The van der Waals surface area contributed by atoms with E-state index in [-0.39, 0.29) is 5.75 Å². The lowest BCUT2D eigenvalue weighted by Gasteiger charge is -2.32. The normalized spacial score (nSPS) is 27.3. The molecular formula is C27H35F5O. The fourth-order valence-electron chi connectivity index (χ4n) is 5.08. The summed E-state index contributed by atoms with van der Waals surface area (Å²) in [5.74, 6) is 0.585. The molecule has 0 amide bonds. The summed E-state index contributed by atoms with van der Waals surface area (Å²) in [6.45, 7) is 2.06. The highest BCUT2D eigenvalue weighted by molar-refractivity contribution is 5.29. The predicted molar refractivity (Wildman–Crippen MR) is 121 cm³/mol. The van der Waals surface area contributed by atoms with Crippen LogP contribution in [0.15, 0.2) is 48.6 Å². The van der Waals surface area contributed by atoms with Crippen LogP contribution in [0.25, 0.3) is 0 Å². The molecule has 184 valence electrons. The van der Waals surface area contributed by atoms with Gasteiger partial charge < -0.3 is 4.74 Å². The van der Waals surface area contributed by atoms with E-state index in [0.717, 1.165) is 36.6 Å². The molecule has 1 aromatic rings. The number of rotatable bonds is 8. The molecular weight excluding hydrogens is 435 g/mol. The van der Waals surface area contributed by atoms with Crippen LogP contribution in [-0.2, 0) is 6.18 Å². The van der Waals surface area contributed by atoms with Crippen molar-refractivity contribution in [2.24, 2.45) is 23.7 Å². The minimum atomic E-state index is -4.50. The zero-order chi connectivity index (χ0) is 23.9. The monoisotopic (exact) mass is 470 g/mol. The van der Waals surface area contributed by atoms with Crippen molar-refractivity contribution in [3.05, 3.63) is 54.1 Å². The lowest BCUT2D eigenvalue weighted by Crippen LogP contribution is -2.37. The number of ether oxygens (including phenoxy) is 1. The highest BCUT2D eigenvalue weighted by Crippen LogP contribution is 2.41. The zero-order valence-electron chi connectivity index (χ0n) is 19.3. The van der Waals surface area contributed by atoms with E-state index >= 15 is 0 Å². The number of hydrogen-bond donors (Lipinski definition) is 0. The van der Waals surface area contributed by atoms with Gasteiger partial charge in [-0.3, -0.25) is 0 Å². The van der Waals surface area contributed by atoms with E-state index in [0.29, 0.717) is 37.5 Å². The van der Waals surface area contributed by atoms with Gasteiger partial charge in [0.25, 0.3) is 0 Å². The van der Waals surface area contributed by atoms with E-state index in [1.807, 2.05) is 0 Å². The number of allylic oxidation sites excluding steroid dienone is 4. The molecule has 6 heteroatoms. The average molecular weight is 471 g/mol. The Labute approximate surface area is 194 Å². The van der Waals surface area contributed by atoms with Gasteiger partial charge in [0.1, 0.15) is 5.75 Å². The molecule has 0 N–H and O–H groups in total. The fourth-order valence-corrected chi connectivity index (χ4v) is 5.08. The lowest BCUT2D eigenvalue weighted by atomic mass is 9.78. The fraction of sp³-hybridized carbons (Fsp3) is 0.630. The molecule has 33 heavy (non-hydrogen) atoms. The third kappa shape index (κ3) is 7.86. The van der Waals surface area contributed by atoms with Gasteiger partial charge in [-0.2, -0.15) is 22.0 Å². The van der Waals surface area contributed by atoms with Gasteiger partial charge >= 0.3 is 12.3 Å². The maximum atomic E-state index is 14.6. The molecule has 1 nitrogen and oxygen atoms in total. The Morgan fingerprint density at radius 1 is 0.818 bits per heavy atom. The van der Waals surface area contributed by atoms with Crippen molar-refractivity contribution < 1.29 is 26.7 Å². The van der Waals surface area contributed by atoms with Crippen molar-refractivity contribution in [2.75, 3.05) is 0 Å². The van der Waals surface area contributed by atoms with Crippen molar-refractivity contribution in [3.63, 3.8) is 0 Å². The molecule has 3 rings (SSSR count). The molecule has 1 aromatic carbocycles. The number of hydrogen-bond acceptors (Lipinski definition) is 1. The molecule has 0 heterocycles. The van der Waals surface area contributed by atoms with E-state index < -0.39 is 23.8 Å². The predicted octanol–water partition coefficient (Wildman–Crippen LogP) is 9.20. The van der Waals surface area contributed by atoms with Crippen LogP contribution in [0, 0.1) is 23.7 Å². The second-order valence-electron chi connectivity index (χ2n) is 9.61. The van der Waals surface area contributed by atoms with E-state index in [1.165, 1.54) is 32.1 Å². The van der Waals surface area contributed by atoms with Gasteiger partial charge in [0.2, 0.25) is 0 Å². The molecule has 2 saturated carbocycles. The Hall–Kier alpha value is -1.85. The minimum absolute atomic E-state index is 0.240. The maximum Gasteiger partial charge on any atom is 0.416 e. The Balaban J connectivity index is 1.41. The van der Waals surface area contributed by atoms with Crippen molar-refractivity contribution in [2.45, 2.75) is 83.4 Å². The van der Waals surface area contributed by atoms with Crippen LogP contribution in [0.4, 0.5) is 22.0 Å². The SMILES string of the molecule is C/C=C/CCC1CCC(/C=C/C2CCC(C(F)(F)Oc3ccc(C(F)(F)F)cc3)CC2)CC1. The first-order valence-corrected chi connectivity index (χ1v) is 12.2. The summed E-state index contributed by atoms with van der Waals surface area (Å²) in [4.78, 5) is 0. The molecule has 2 aliphatic carbocycles. The highest BCUT2D eigenvalue weighted by atomic mass is 19.4. The van der Waals surface area contributed by atoms with Crippen molar-refractivity contribution in [1.29, 1.82) is 0 Å². The summed E-state index contributed by atoms with van der Waals surface area (Å²) in [5, 5.41) is 0. The van der Waals surface area contributed by atoms with Gasteiger partial charge in [-0.05, 0) is 113 Å². The maximum absolute atomic E-state index is 14.6. The molecule has 0 aromatic heterocycles. The Morgan fingerprint density at radius 2 is 1.36 bits per heavy atom. The molecule has 0 saturated heterocycles. The van der Waals surface area contributed by atoms with Crippen molar-refractivity contribution in [1.82, 2.24) is 0 Å². The van der Waals surface area contributed by atoms with Gasteiger partial charge in [-0.1, -0.05) is 24.3 Å². The third-order valence-electron chi connectivity index (χ3n) is 7.21. The van der Waals surface area contributed by atoms with E-state index in [9.17, 15) is 22.0 Å². The number of alkyl halides is 5. The van der Waals surface area contributed by atoms with Crippen LogP contribution in [0.2, 0.25) is 0 Å². The Bertz CT molecular complexity index is 765. The van der Waals surface area contributed by atoms with E-state index in [2.05, 4.69) is 31.2 Å². The van der Waals surface area contributed by atoms with Gasteiger partial charge in [-0.25, -0.2) is 0 Å². The molecule has 0 unspecified atom stereocenters. The highest BCUT2D eigenvalue weighted by Gasteiger charge is 2.44. The van der Waals surface area contributed by atoms with Crippen LogP contribution < -0.4 is 4.74 Å². The van der Waals surface area contributed by atoms with E-state index in [1.54, 1.807) is 0 Å². The topological polar surface area (TPSA) is 9.23 Å². The second-order valence-corrected chi connectivity index (χ2v) is 9.61. The smallest absolute Gasteiger partial charge is 0.416 e.